The van der Waals surface area contributed by atoms with E-state index in [0.717, 1.165) is 22.0 Å². The lowest BCUT2D eigenvalue weighted by Gasteiger charge is -2.28. The molecule has 0 unspecified atom stereocenters. The second-order valence-electron chi connectivity index (χ2n) is 5.26. The lowest BCUT2D eigenvalue weighted by molar-refractivity contribution is -0.138. The number of carboxylic acids is 1. The molecule has 0 atom stereocenters. The van der Waals surface area contributed by atoms with Crippen molar-refractivity contribution in [2.24, 2.45) is 0 Å². The maximum absolute atomic E-state index is 11.1. The van der Waals surface area contributed by atoms with Crippen LogP contribution in [0.2, 0.25) is 0 Å². The number of carbonyl (C=O) groups is 1. The zero-order valence-electron chi connectivity index (χ0n) is 12.5. The first-order chi connectivity index (χ1) is 9.28. The van der Waals surface area contributed by atoms with Crippen LogP contribution in [0.4, 0.5) is 0 Å². The highest BCUT2D eigenvalue weighted by Crippen LogP contribution is 2.44. The Kier molecular flexibility index (Phi) is 5.45. The van der Waals surface area contributed by atoms with Gasteiger partial charge >= 0.3 is 5.97 Å². The van der Waals surface area contributed by atoms with E-state index in [0.29, 0.717) is 11.5 Å². The summed E-state index contributed by atoms with van der Waals surface area (Å²) in [6.45, 7) is 5.87. The molecular formula is C15H21BrO4. The third-order valence-electron chi connectivity index (χ3n) is 3.38. The van der Waals surface area contributed by atoms with Gasteiger partial charge in [0.25, 0.3) is 0 Å². The van der Waals surface area contributed by atoms with E-state index in [4.69, 9.17) is 14.6 Å². The van der Waals surface area contributed by atoms with Crippen LogP contribution in [-0.2, 0) is 16.6 Å². The molecule has 1 rings (SSSR count). The predicted molar refractivity (Wildman–Crippen MR) is 81.9 cm³/mol. The summed E-state index contributed by atoms with van der Waals surface area (Å²) >= 11 is 3.47. The van der Waals surface area contributed by atoms with Crippen molar-refractivity contribution in [2.75, 3.05) is 14.2 Å². The van der Waals surface area contributed by atoms with Gasteiger partial charge in [-0.3, -0.25) is 4.79 Å². The van der Waals surface area contributed by atoms with Gasteiger partial charge in [0.05, 0.1) is 25.1 Å². The Morgan fingerprint density at radius 3 is 2.25 bits per heavy atom. The van der Waals surface area contributed by atoms with E-state index in [9.17, 15) is 4.79 Å². The van der Waals surface area contributed by atoms with Crippen LogP contribution in [0.1, 0.15) is 38.3 Å². The molecule has 0 aliphatic carbocycles. The summed E-state index contributed by atoms with van der Waals surface area (Å²) in [4.78, 5) is 11.1. The van der Waals surface area contributed by atoms with Crippen molar-refractivity contribution < 1.29 is 19.4 Å². The number of ether oxygens (including phenoxy) is 2. The van der Waals surface area contributed by atoms with Gasteiger partial charge in [-0.05, 0) is 34.0 Å². The van der Waals surface area contributed by atoms with Crippen molar-refractivity contribution in [1.82, 2.24) is 0 Å². The number of methoxy groups -OCH3 is 2. The Morgan fingerprint density at radius 2 is 1.85 bits per heavy atom. The number of halogens is 1. The lowest BCUT2D eigenvalue weighted by atomic mass is 9.78. The van der Waals surface area contributed by atoms with Gasteiger partial charge in [-0.2, -0.15) is 0 Å². The molecular weight excluding hydrogens is 324 g/mol. The molecule has 0 spiro atoms. The van der Waals surface area contributed by atoms with Crippen molar-refractivity contribution in [1.29, 1.82) is 0 Å². The van der Waals surface area contributed by atoms with Crippen LogP contribution in [0.5, 0.6) is 11.5 Å². The SMILES string of the molecule is CCc1c(C(C)(C)CC(=O)O)cc(Br)c(OC)c1OC. The number of carboxylic acid groups (broad SMARTS) is 1. The summed E-state index contributed by atoms with van der Waals surface area (Å²) in [5.74, 6) is 0.486. The van der Waals surface area contributed by atoms with Crippen LogP contribution in [0.15, 0.2) is 10.5 Å². The fourth-order valence-electron chi connectivity index (χ4n) is 2.48. The molecule has 0 aromatic heterocycles. The minimum absolute atomic E-state index is 0.0575. The summed E-state index contributed by atoms with van der Waals surface area (Å²) in [6, 6.07) is 1.93. The number of benzene rings is 1. The third-order valence-corrected chi connectivity index (χ3v) is 3.97. The Labute approximate surface area is 128 Å². The molecule has 0 saturated heterocycles. The Morgan fingerprint density at radius 1 is 1.30 bits per heavy atom. The first-order valence-electron chi connectivity index (χ1n) is 6.44. The summed E-state index contributed by atoms with van der Waals surface area (Å²) < 4.78 is 11.6. The first-order valence-corrected chi connectivity index (χ1v) is 7.23. The van der Waals surface area contributed by atoms with Crippen molar-refractivity contribution in [3.8, 4) is 11.5 Å². The third kappa shape index (κ3) is 3.26. The molecule has 0 aliphatic rings. The summed E-state index contributed by atoms with van der Waals surface area (Å²) in [5, 5.41) is 9.10. The standard InChI is InChI=1S/C15H21BrO4/c1-6-9-10(15(2,3)8-12(17)18)7-11(16)14(20-5)13(9)19-4/h7H,6,8H2,1-5H3,(H,17,18). The monoisotopic (exact) mass is 344 g/mol. The van der Waals surface area contributed by atoms with Crippen LogP contribution in [-0.4, -0.2) is 25.3 Å². The maximum Gasteiger partial charge on any atom is 0.304 e. The van der Waals surface area contributed by atoms with Gasteiger partial charge in [-0.15, -0.1) is 0 Å². The maximum atomic E-state index is 11.1. The predicted octanol–water partition coefficient (Wildman–Crippen LogP) is 3.78. The van der Waals surface area contributed by atoms with Crippen LogP contribution >= 0.6 is 15.9 Å². The molecule has 4 nitrogen and oxygen atoms in total. The molecule has 5 heteroatoms. The van der Waals surface area contributed by atoms with E-state index >= 15 is 0 Å². The minimum Gasteiger partial charge on any atom is -0.493 e. The van der Waals surface area contributed by atoms with E-state index in [1.807, 2.05) is 26.8 Å². The van der Waals surface area contributed by atoms with E-state index in [1.54, 1.807) is 14.2 Å². The van der Waals surface area contributed by atoms with Crippen LogP contribution in [0, 0.1) is 0 Å². The van der Waals surface area contributed by atoms with Gasteiger partial charge in [0.1, 0.15) is 0 Å². The van der Waals surface area contributed by atoms with Gasteiger partial charge in [0, 0.05) is 11.0 Å². The zero-order chi connectivity index (χ0) is 15.5. The molecule has 1 aromatic rings. The van der Waals surface area contributed by atoms with Gasteiger partial charge in [0.2, 0.25) is 0 Å². The Hall–Kier alpha value is -1.23. The van der Waals surface area contributed by atoms with Crippen molar-refractivity contribution in [3.63, 3.8) is 0 Å². The van der Waals surface area contributed by atoms with Crippen LogP contribution < -0.4 is 9.47 Å². The number of hydrogen-bond acceptors (Lipinski definition) is 3. The highest BCUT2D eigenvalue weighted by Gasteiger charge is 2.30. The molecule has 1 N–H and O–H groups in total. The molecule has 0 bridgehead atoms. The lowest BCUT2D eigenvalue weighted by Crippen LogP contribution is -2.24. The van der Waals surface area contributed by atoms with Crippen molar-refractivity contribution in [2.45, 2.75) is 39.0 Å². The van der Waals surface area contributed by atoms with E-state index in [-0.39, 0.29) is 6.42 Å². The van der Waals surface area contributed by atoms with E-state index in [1.165, 1.54) is 0 Å². The molecule has 0 saturated carbocycles. The van der Waals surface area contributed by atoms with Crippen LogP contribution in [0.25, 0.3) is 0 Å². The smallest absolute Gasteiger partial charge is 0.304 e. The summed E-state index contributed by atoms with van der Waals surface area (Å²) in [6.07, 6.45) is 0.799. The topological polar surface area (TPSA) is 55.8 Å². The van der Waals surface area contributed by atoms with Crippen molar-refractivity contribution >= 4 is 21.9 Å². The normalized spacial score (nSPS) is 11.3. The average molecular weight is 345 g/mol. The average Bonchev–Trinajstić information content (AvgIpc) is 2.35. The van der Waals surface area contributed by atoms with Gasteiger partial charge in [-0.1, -0.05) is 20.8 Å². The van der Waals surface area contributed by atoms with Gasteiger partial charge in [-0.25, -0.2) is 0 Å². The molecule has 0 fully saturated rings. The number of aliphatic carboxylic acids is 1. The van der Waals surface area contributed by atoms with Crippen LogP contribution in [0.3, 0.4) is 0 Å². The Bertz CT molecular complexity index is 509. The fourth-order valence-corrected chi connectivity index (χ4v) is 3.05. The summed E-state index contributed by atoms with van der Waals surface area (Å²) in [5.41, 5.74) is 1.46. The first kappa shape index (κ1) is 16.8. The molecule has 0 heterocycles. The highest BCUT2D eigenvalue weighted by atomic mass is 79.9. The quantitative estimate of drug-likeness (QED) is 0.853. The summed E-state index contributed by atoms with van der Waals surface area (Å²) in [7, 11) is 3.18. The second kappa shape index (κ2) is 6.48. The second-order valence-corrected chi connectivity index (χ2v) is 6.11. The minimum atomic E-state index is -0.817. The molecule has 20 heavy (non-hydrogen) atoms. The number of hydrogen-bond donors (Lipinski definition) is 1. The molecule has 0 aliphatic heterocycles. The van der Waals surface area contributed by atoms with Gasteiger partial charge in [0.15, 0.2) is 11.5 Å². The highest BCUT2D eigenvalue weighted by molar-refractivity contribution is 9.10. The number of rotatable bonds is 6. The molecule has 0 radical (unpaired) electrons. The Balaban J connectivity index is 3.55. The molecule has 112 valence electrons. The largest absolute Gasteiger partial charge is 0.493 e. The van der Waals surface area contributed by atoms with E-state index < -0.39 is 11.4 Å². The zero-order valence-corrected chi connectivity index (χ0v) is 14.1. The van der Waals surface area contributed by atoms with Gasteiger partial charge < -0.3 is 14.6 Å². The molecule has 1 aromatic carbocycles. The fraction of sp³-hybridized carbons (Fsp3) is 0.533. The molecule has 0 amide bonds. The van der Waals surface area contributed by atoms with Crippen molar-refractivity contribution in [3.05, 3.63) is 21.7 Å². The van der Waals surface area contributed by atoms with E-state index in [2.05, 4.69) is 15.9 Å².